The molecule has 0 radical (unpaired) electrons. The lowest BCUT2D eigenvalue weighted by Gasteiger charge is -2.16. The largest absolute Gasteiger partial charge is 0.357 e. The van der Waals surface area contributed by atoms with Gasteiger partial charge in [0.2, 0.25) is 5.91 Å². The number of amides is 1. The first-order chi connectivity index (χ1) is 12.0. The SMILES string of the molecule is Cc1nn(CC(=O)Nc2ccc(N3CCCC3)nc2)c(C)c1[N+](=O)[O-]. The van der Waals surface area contributed by atoms with Crippen LogP contribution in [0.5, 0.6) is 0 Å². The molecule has 132 valence electrons. The Morgan fingerprint density at radius 1 is 1.32 bits per heavy atom. The van der Waals surface area contributed by atoms with E-state index in [0.29, 0.717) is 17.1 Å². The molecule has 1 amide bonds. The van der Waals surface area contributed by atoms with E-state index in [0.717, 1.165) is 18.9 Å². The highest BCUT2D eigenvalue weighted by molar-refractivity contribution is 5.90. The zero-order valence-corrected chi connectivity index (χ0v) is 14.2. The van der Waals surface area contributed by atoms with E-state index in [1.54, 1.807) is 20.0 Å². The van der Waals surface area contributed by atoms with Crippen molar-refractivity contribution in [3.8, 4) is 0 Å². The van der Waals surface area contributed by atoms with Gasteiger partial charge in [-0.1, -0.05) is 0 Å². The Hall–Kier alpha value is -2.97. The lowest BCUT2D eigenvalue weighted by Crippen LogP contribution is -2.21. The molecular weight excluding hydrogens is 324 g/mol. The van der Waals surface area contributed by atoms with Crippen LogP contribution in [0, 0.1) is 24.0 Å². The third-order valence-corrected chi connectivity index (χ3v) is 4.28. The van der Waals surface area contributed by atoms with Gasteiger partial charge < -0.3 is 10.2 Å². The molecule has 0 spiro atoms. The van der Waals surface area contributed by atoms with Gasteiger partial charge in [0.25, 0.3) is 0 Å². The molecular formula is C16H20N6O3. The molecule has 1 aliphatic heterocycles. The molecule has 3 rings (SSSR count). The molecule has 0 atom stereocenters. The molecule has 0 aromatic carbocycles. The van der Waals surface area contributed by atoms with Crippen LogP contribution in [0.2, 0.25) is 0 Å². The molecule has 0 saturated carbocycles. The van der Waals surface area contributed by atoms with Crippen LogP contribution in [0.3, 0.4) is 0 Å². The van der Waals surface area contributed by atoms with Crippen molar-refractivity contribution in [2.24, 2.45) is 0 Å². The van der Waals surface area contributed by atoms with Crippen molar-refractivity contribution in [3.05, 3.63) is 39.8 Å². The van der Waals surface area contributed by atoms with Crippen LogP contribution in [-0.4, -0.2) is 38.7 Å². The number of hydrogen-bond donors (Lipinski definition) is 1. The van der Waals surface area contributed by atoms with E-state index in [1.165, 1.54) is 17.5 Å². The van der Waals surface area contributed by atoms with Gasteiger partial charge in [0, 0.05) is 13.1 Å². The summed E-state index contributed by atoms with van der Waals surface area (Å²) >= 11 is 0. The summed E-state index contributed by atoms with van der Waals surface area (Å²) in [5, 5.41) is 17.8. The predicted molar refractivity (Wildman–Crippen MR) is 92.7 cm³/mol. The number of nitrogens with one attached hydrogen (secondary N) is 1. The van der Waals surface area contributed by atoms with Crippen LogP contribution in [-0.2, 0) is 11.3 Å². The molecule has 1 aliphatic rings. The number of hydrogen-bond acceptors (Lipinski definition) is 6. The lowest BCUT2D eigenvalue weighted by atomic mass is 10.3. The molecule has 0 aliphatic carbocycles. The van der Waals surface area contributed by atoms with Crippen LogP contribution >= 0.6 is 0 Å². The molecule has 2 aromatic rings. The third kappa shape index (κ3) is 3.59. The fourth-order valence-electron chi connectivity index (χ4n) is 3.04. The smallest absolute Gasteiger partial charge is 0.312 e. The van der Waals surface area contributed by atoms with Crippen molar-refractivity contribution in [1.29, 1.82) is 0 Å². The summed E-state index contributed by atoms with van der Waals surface area (Å²) in [6.07, 6.45) is 3.97. The van der Waals surface area contributed by atoms with Crippen molar-refractivity contribution < 1.29 is 9.72 Å². The predicted octanol–water partition coefficient (Wildman–Crippen LogP) is 2.04. The highest BCUT2D eigenvalue weighted by atomic mass is 16.6. The van der Waals surface area contributed by atoms with Gasteiger partial charge in [-0.15, -0.1) is 0 Å². The van der Waals surface area contributed by atoms with Gasteiger partial charge in [0.05, 0.1) is 16.8 Å². The van der Waals surface area contributed by atoms with Gasteiger partial charge in [-0.25, -0.2) is 4.98 Å². The van der Waals surface area contributed by atoms with Crippen molar-refractivity contribution >= 4 is 23.1 Å². The molecule has 9 heteroatoms. The maximum absolute atomic E-state index is 12.2. The molecule has 3 heterocycles. The van der Waals surface area contributed by atoms with E-state index < -0.39 is 4.92 Å². The fraction of sp³-hybridized carbons (Fsp3) is 0.438. The van der Waals surface area contributed by atoms with E-state index in [4.69, 9.17) is 0 Å². The summed E-state index contributed by atoms with van der Waals surface area (Å²) in [7, 11) is 0. The highest BCUT2D eigenvalue weighted by Gasteiger charge is 2.22. The van der Waals surface area contributed by atoms with Crippen LogP contribution in [0.15, 0.2) is 18.3 Å². The second-order valence-electron chi connectivity index (χ2n) is 6.08. The minimum Gasteiger partial charge on any atom is -0.357 e. The molecule has 1 N–H and O–H groups in total. The molecule has 0 unspecified atom stereocenters. The minimum atomic E-state index is -0.479. The first kappa shape index (κ1) is 16.9. The zero-order chi connectivity index (χ0) is 18.0. The van der Waals surface area contributed by atoms with Crippen molar-refractivity contribution in [1.82, 2.24) is 14.8 Å². The monoisotopic (exact) mass is 344 g/mol. The number of anilines is 2. The van der Waals surface area contributed by atoms with Crippen LogP contribution < -0.4 is 10.2 Å². The Bertz CT molecular complexity index is 793. The van der Waals surface area contributed by atoms with Gasteiger partial charge in [0.15, 0.2) is 0 Å². The molecule has 25 heavy (non-hydrogen) atoms. The second kappa shape index (κ2) is 6.88. The van der Waals surface area contributed by atoms with Crippen molar-refractivity contribution in [2.45, 2.75) is 33.2 Å². The average Bonchev–Trinajstić information content (AvgIpc) is 3.17. The van der Waals surface area contributed by atoms with Gasteiger partial charge in [-0.05, 0) is 38.8 Å². The fourth-order valence-corrected chi connectivity index (χ4v) is 3.04. The van der Waals surface area contributed by atoms with E-state index >= 15 is 0 Å². The van der Waals surface area contributed by atoms with Crippen molar-refractivity contribution in [2.75, 3.05) is 23.3 Å². The lowest BCUT2D eigenvalue weighted by molar-refractivity contribution is -0.386. The summed E-state index contributed by atoms with van der Waals surface area (Å²) in [5.74, 6) is 0.598. The highest BCUT2D eigenvalue weighted by Crippen LogP contribution is 2.22. The summed E-state index contributed by atoms with van der Waals surface area (Å²) < 4.78 is 1.34. The Labute approximate surface area is 144 Å². The number of nitro groups is 1. The van der Waals surface area contributed by atoms with Gasteiger partial charge in [0.1, 0.15) is 23.8 Å². The van der Waals surface area contributed by atoms with Crippen LogP contribution in [0.4, 0.5) is 17.2 Å². The van der Waals surface area contributed by atoms with E-state index in [9.17, 15) is 14.9 Å². The molecule has 1 saturated heterocycles. The Balaban J connectivity index is 1.64. The first-order valence-corrected chi connectivity index (χ1v) is 8.15. The normalized spacial score (nSPS) is 13.9. The second-order valence-corrected chi connectivity index (χ2v) is 6.08. The van der Waals surface area contributed by atoms with Gasteiger partial charge in [-0.2, -0.15) is 5.10 Å². The van der Waals surface area contributed by atoms with E-state index in [2.05, 4.69) is 20.3 Å². The standard InChI is InChI=1S/C16H20N6O3/c1-11-16(22(24)25)12(2)21(19-11)10-15(23)18-13-5-6-14(17-9-13)20-7-3-4-8-20/h5-6,9H,3-4,7-8,10H2,1-2H3,(H,18,23). The maximum Gasteiger partial charge on any atom is 0.312 e. The van der Waals surface area contributed by atoms with Crippen LogP contribution in [0.1, 0.15) is 24.2 Å². The summed E-state index contributed by atoms with van der Waals surface area (Å²) in [5.41, 5.74) is 1.19. The Kier molecular flexibility index (Phi) is 4.64. The quantitative estimate of drug-likeness (QED) is 0.657. The van der Waals surface area contributed by atoms with Crippen LogP contribution in [0.25, 0.3) is 0 Å². The summed E-state index contributed by atoms with van der Waals surface area (Å²) in [6, 6.07) is 3.69. The number of carbonyl (C=O) groups excluding carboxylic acids is 1. The zero-order valence-electron chi connectivity index (χ0n) is 14.2. The number of rotatable bonds is 5. The molecule has 2 aromatic heterocycles. The topological polar surface area (TPSA) is 106 Å². The number of carbonyl (C=O) groups is 1. The Morgan fingerprint density at radius 3 is 2.60 bits per heavy atom. The molecule has 9 nitrogen and oxygen atoms in total. The number of aryl methyl sites for hydroxylation is 1. The van der Waals surface area contributed by atoms with Gasteiger partial charge >= 0.3 is 5.69 Å². The third-order valence-electron chi connectivity index (χ3n) is 4.28. The molecule has 0 bridgehead atoms. The molecule has 1 fully saturated rings. The van der Waals surface area contributed by atoms with E-state index in [1.807, 2.05) is 12.1 Å². The van der Waals surface area contributed by atoms with E-state index in [-0.39, 0.29) is 18.1 Å². The number of aromatic nitrogens is 3. The number of pyridine rings is 1. The first-order valence-electron chi connectivity index (χ1n) is 8.15. The number of nitrogens with zero attached hydrogens (tertiary/aromatic N) is 5. The minimum absolute atomic E-state index is 0.0515. The Morgan fingerprint density at radius 2 is 2.04 bits per heavy atom. The average molecular weight is 344 g/mol. The summed E-state index contributed by atoms with van der Waals surface area (Å²) in [6.45, 7) is 5.07. The summed E-state index contributed by atoms with van der Waals surface area (Å²) in [4.78, 5) is 29.3. The maximum atomic E-state index is 12.2. The van der Waals surface area contributed by atoms with Crippen molar-refractivity contribution in [3.63, 3.8) is 0 Å². The van der Waals surface area contributed by atoms with Gasteiger partial charge in [-0.3, -0.25) is 19.6 Å².